The zero-order valence-electron chi connectivity index (χ0n) is 9.88. The van der Waals surface area contributed by atoms with E-state index in [-0.39, 0.29) is 5.56 Å². The van der Waals surface area contributed by atoms with Gasteiger partial charge in [0.05, 0.1) is 7.11 Å². The molecular weight excluding hydrogens is 301 g/mol. The van der Waals surface area contributed by atoms with Gasteiger partial charge in [0, 0.05) is 5.56 Å². The third-order valence-electron chi connectivity index (χ3n) is 1.98. The molecule has 108 valence electrons. The van der Waals surface area contributed by atoms with Crippen LogP contribution in [0.3, 0.4) is 0 Å². The number of nitriles is 1. The fourth-order valence-corrected chi connectivity index (χ4v) is 1.27. The second kappa shape index (κ2) is 5.79. The molecule has 0 unspecified atom stereocenters. The molecule has 0 heterocycles. The minimum atomic E-state index is -5.89. The van der Waals surface area contributed by atoms with Gasteiger partial charge in [0.15, 0.2) is 5.71 Å². The Kier molecular flexibility index (Phi) is 4.57. The van der Waals surface area contributed by atoms with E-state index >= 15 is 0 Å². The molecule has 0 saturated heterocycles. The molecule has 0 fully saturated rings. The number of nitrogens with zero attached hydrogens (tertiary/aromatic N) is 2. The Morgan fingerprint density at radius 3 is 2.25 bits per heavy atom. The van der Waals surface area contributed by atoms with E-state index in [4.69, 9.17) is 10.00 Å². The van der Waals surface area contributed by atoms with Crippen LogP contribution < -0.4 is 4.74 Å². The Morgan fingerprint density at radius 2 is 1.85 bits per heavy atom. The van der Waals surface area contributed by atoms with E-state index in [0.717, 1.165) is 0 Å². The molecule has 20 heavy (non-hydrogen) atoms. The number of alkyl halides is 3. The molecule has 0 aromatic heterocycles. The summed E-state index contributed by atoms with van der Waals surface area (Å²) < 4.78 is 65.5. The van der Waals surface area contributed by atoms with Gasteiger partial charge in [0.25, 0.3) is 0 Å². The minimum absolute atomic E-state index is 0.0747. The SMILES string of the molecule is COc1ccc(/C(C#N)=N\OS(=O)(=O)C(F)(F)F)cc1. The summed E-state index contributed by atoms with van der Waals surface area (Å²) in [6.45, 7) is 0. The van der Waals surface area contributed by atoms with Crippen LogP contribution in [0, 0.1) is 11.3 Å². The maximum absolute atomic E-state index is 12.0. The van der Waals surface area contributed by atoms with E-state index in [2.05, 4.69) is 9.44 Å². The number of methoxy groups -OCH3 is 1. The molecule has 0 radical (unpaired) electrons. The van der Waals surface area contributed by atoms with Gasteiger partial charge in [-0.3, -0.25) is 4.28 Å². The molecule has 1 aromatic rings. The standard InChI is InChI=1S/C10H7F3N2O4S/c1-18-8-4-2-7(3-5-8)9(6-14)15-19-20(16,17)10(11,12)13/h2-5H,1H3/b15-9-. The van der Waals surface area contributed by atoms with Crippen LogP contribution in [0.1, 0.15) is 5.56 Å². The first-order valence-electron chi connectivity index (χ1n) is 4.83. The van der Waals surface area contributed by atoms with Crippen molar-refractivity contribution in [2.24, 2.45) is 5.16 Å². The van der Waals surface area contributed by atoms with Crippen molar-refractivity contribution in [1.29, 1.82) is 5.26 Å². The largest absolute Gasteiger partial charge is 0.536 e. The molecule has 0 N–H and O–H groups in total. The monoisotopic (exact) mass is 308 g/mol. The Balaban J connectivity index is 3.02. The van der Waals surface area contributed by atoms with Crippen molar-refractivity contribution in [3.8, 4) is 11.8 Å². The van der Waals surface area contributed by atoms with E-state index in [1.165, 1.54) is 37.4 Å². The molecule has 1 aromatic carbocycles. The predicted molar refractivity (Wildman–Crippen MR) is 61.2 cm³/mol. The van der Waals surface area contributed by atoms with E-state index in [1.807, 2.05) is 0 Å². The molecule has 0 bridgehead atoms. The maximum atomic E-state index is 12.0. The van der Waals surface area contributed by atoms with Gasteiger partial charge in [0.1, 0.15) is 11.8 Å². The summed E-state index contributed by atoms with van der Waals surface area (Å²) in [5, 5.41) is 11.5. The van der Waals surface area contributed by atoms with Gasteiger partial charge in [-0.05, 0) is 24.3 Å². The molecule has 0 saturated carbocycles. The Bertz CT molecular complexity index is 645. The van der Waals surface area contributed by atoms with Gasteiger partial charge in [-0.1, -0.05) is 5.16 Å². The van der Waals surface area contributed by atoms with Crippen LogP contribution in [0.5, 0.6) is 5.75 Å². The van der Waals surface area contributed by atoms with Crippen LogP contribution in [-0.2, 0) is 14.4 Å². The second-order valence-electron chi connectivity index (χ2n) is 3.25. The lowest BCUT2D eigenvalue weighted by Crippen LogP contribution is -2.24. The number of oxime groups is 1. The number of rotatable bonds is 4. The smallest absolute Gasteiger partial charge is 0.497 e. The van der Waals surface area contributed by atoms with E-state index < -0.39 is 21.3 Å². The average molecular weight is 308 g/mol. The summed E-state index contributed by atoms with van der Waals surface area (Å²) in [6.07, 6.45) is 0. The van der Waals surface area contributed by atoms with Crippen molar-refractivity contribution in [1.82, 2.24) is 0 Å². The molecule has 0 amide bonds. The van der Waals surface area contributed by atoms with Crippen molar-refractivity contribution in [2.45, 2.75) is 5.51 Å². The summed E-state index contributed by atoms with van der Waals surface area (Å²) in [5.74, 6) is 0.440. The van der Waals surface area contributed by atoms with Crippen molar-refractivity contribution >= 4 is 15.8 Å². The number of hydrogen-bond acceptors (Lipinski definition) is 6. The normalized spacial score (nSPS) is 12.7. The minimum Gasteiger partial charge on any atom is -0.497 e. The molecule has 1 rings (SSSR count). The van der Waals surface area contributed by atoms with E-state index in [0.29, 0.717) is 5.75 Å². The summed E-state index contributed by atoms with van der Waals surface area (Å²) in [6, 6.07) is 6.89. The molecule has 0 spiro atoms. The van der Waals surface area contributed by atoms with Gasteiger partial charge in [-0.2, -0.15) is 26.9 Å². The quantitative estimate of drug-likeness (QED) is 0.480. The first-order chi connectivity index (χ1) is 9.21. The molecule has 0 atom stereocenters. The van der Waals surface area contributed by atoms with Gasteiger partial charge < -0.3 is 4.74 Å². The van der Waals surface area contributed by atoms with Gasteiger partial charge >= 0.3 is 15.6 Å². The van der Waals surface area contributed by atoms with E-state index in [1.54, 1.807) is 0 Å². The Hall–Kier alpha value is -2.28. The predicted octanol–water partition coefficient (Wildman–Crippen LogP) is 1.79. The van der Waals surface area contributed by atoms with Crippen molar-refractivity contribution in [2.75, 3.05) is 7.11 Å². The fourth-order valence-electron chi connectivity index (χ4n) is 1.02. The lowest BCUT2D eigenvalue weighted by molar-refractivity contribution is -0.0540. The highest BCUT2D eigenvalue weighted by Crippen LogP contribution is 2.25. The Morgan fingerprint density at radius 1 is 1.30 bits per heavy atom. The van der Waals surface area contributed by atoms with Crippen LogP contribution in [0.4, 0.5) is 13.2 Å². The number of benzene rings is 1. The molecule has 0 aliphatic heterocycles. The summed E-state index contributed by atoms with van der Waals surface area (Å²) >= 11 is 0. The van der Waals surface area contributed by atoms with Crippen LogP contribution in [-0.4, -0.2) is 26.7 Å². The summed E-state index contributed by atoms with van der Waals surface area (Å²) in [7, 11) is -4.49. The molecule has 6 nitrogen and oxygen atoms in total. The highest BCUT2D eigenvalue weighted by molar-refractivity contribution is 7.87. The van der Waals surface area contributed by atoms with Gasteiger partial charge in [-0.25, -0.2) is 0 Å². The third kappa shape index (κ3) is 3.61. The fraction of sp³-hybridized carbons (Fsp3) is 0.200. The highest BCUT2D eigenvalue weighted by Gasteiger charge is 2.49. The van der Waals surface area contributed by atoms with Crippen molar-refractivity contribution < 1.29 is 30.6 Å². The lowest BCUT2D eigenvalue weighted by atomic mass is 10.1. The van der Waals surface area contributed by atoms with Crippen LogP contribution in [0.15, 0.2) is 29.4 Å². The van der Waals surface area contributed by atoms with Gasteiger partial charge in [-0.15, -0.1) is 0 Å². The molecule has 10 heteroatoms. The number of halogens is 3. The molecule has 0 aliphatic carbocycles. The first kappa shape index (κ1) is 15.8. The molecule has 0 aliphatic rings. The Labute approximate surface area is 112 Å². The second-order valence-corrected chi connectivity index (χ2v) is 4.77. The zero-order chi connectivity index (χ0) is 15.4. The van der Waals surface area contributed by atoms with Crippen LogP contribution in [0.25, 0.3) is 0 Å². The number of hydrogen-bond donors (Lipinski definition) is 0. The highest BCUT2D eigenvalue weighted by atomic mass is 32.2. The molecular formula is C10H7F3N2O4S. The van der Waals surface area contributed by atoms with E-state index in [9.17, 15) is 21.6 Å². The summed E-state index contributed by atoms with van der Waals surface area (Å²) in [5.41, 5.74) is -6.16. The van der Waals surface area contributed by atoms with Crippen LogP contribution in [0.2, 0.25) is 0 Å². The summed E-state index contributed by atoms with van der Waals surface area (Å²) in [4.78, 5) is 0. The van der Waals surface area contributed by atoms with Crippen molar-refractivity contribution in [3.63, 3.8) is 0 Å². The lowest BCUT2D eigenvalue weighted by Gasteiger charge is -2.05. The zero-order valence-corrected chi connectivity index (χ0v) is 10.7. The van der Waals surface area contributed by atoms with Gasteiger partial charge in [0.2, 0.25) is 0 Å². The number of ether oxygens (including phenoxy) is 1. The average Bonchev–Trinajstić information content (AvgIpc) is 2.38. The maximum Gasteiger partial charge on any atom is 0.536 e. The topological polar surface area (TPSA) is 88.8 Å². The van der Waals surface area contributed by atoms with Crippen molar-refractivity contribution in [3.05, 3.63) is 29.8 Å². The van der Waals surface area contributed by atoms with Crippen LogP contribution >= 0.6 is 0 Å². The first-order valence-corrected chi connectivity index (χ1v) is 6.24. The third-order valence-corrected chi connectivity index (χ3v) is 2.82.